The molecule has 4 aromatic rings. The summed E-state index contributed by atoms with van der Waals surface area (Å²) in [6.07, 6.45) is 9.26. The molecule has 7 heteroatoms. The van der Waals surface area contributed by atoms with Crippen LogP contribution in [0.3, 0.4) is 0 Å². The first kappa shape index (κ1) is 19.0. The van der Waals surface area contributed by atoms with Gasteiger partial charge < -0.3 is 10.2 Å². The summed E-state index contributed by atoms with van der Waals surface area (Å²) in [6, 6.07) is 17.3. The van der Waals surface area contributed by atoms with E-state index < -0.39 is 0 Å². The number of hydrogen-bond acceptors (Lipinski definition) is 5. The van der Waals surface area contributed by atoms with Crippen LogP contribution in [0.15, 0.2) is 79.4 Å². The third kappa shape index (κ3) is 4.02. The fourth-order valence-electron chi connectivity index (χ4n) is 3.76. The highest BCUT2D eigenvalue weighted by Gasteiger charge is 2.19. The maximum absolute atomic E-state index is 13.2. The summed E-state index contributed by atoms with van der Waals surface area (Å²) in [4.78, 5) is 24.1. The van der Waals surface area contributed by atoms with Crippen molar-refractivity contribution < 1.29 is 4.79 Å². The van der Waals surface area contributed by atoms with Crippen LogP contribution in [0.4, 0.5) is 11.5 Å². The highest BCUT2D eigenvalue weighted by molar-refractivity contribution is 6.08. The van der Waals surface area contributed by atoms with Crippen LogP contribution in [-0.4, -0.2) is 38.7 Å². The highest BCUT2D eigenvalue weighted by atomic mass is 16.1. The molecule has 1 amide bonds. The second-order valence-corrected chi connectivity index (χ2v) is 7.47. The van der Waals surface area contributed by atoms with Gasteiger partial charge in [-0.2, -0.15) is 5.10 Å². The molecule has 1 N–H and O–H groups in total. The van der Waals surface area contributed by atoms with Gasteiger partial charge in [0.15, 0.2) is 0 Å². The van der Waals surface area contributed by atoms with Crippen LogP contribution in [0.2, 0.25) is 0 Å². The maximum atomic E-state index is 13.2. The van der Waals surface area contributed by atoms with Crippen LogP contribution in [0.25, 0.3) is 16.9 Å². The van der Waals surface area contributed by atoms with Crippen molar-refractivity contribution in [3.8, 4) is 16.9 Å². The lowest BCUT2D eigenvalue weighted by molar-refractivity contribution is 0.102. The van der Waals surface area contributed by atoms with Crippen LogP contribution in [0.1, 0.15) is 23.2 Å². The number of carbonyl (C=O) groups excluding carboxylic acids is 1. The van der Waals surface area contributed by atoms with Gasteiger partial charge in [0.25, 0.3) is 5.91 Å². The smallest absolute Gasteiger partial charge is 0.259 e. The average molecular weight is 410 g/mol. The first-order valence-corrected chi connectivity index (χ1v) is 10.4. The summed E-state index contributed by atoms with van der Waals surface area (Å²) in [5, 5.41) is 7.63. The maximum Gasteiger partial charge on any atom is 0.259 e. The number of hydrogen-bond donors (Lipinski definition) is 1. The molecule has 5 rings (SSSR count). The number of para-hydroxylation sites is 1. The predicted molar refractivity (Wildman–Crippen MR) is 120 cm³/mol. The Morgan fingerprint density at radius 1 is 0.935 bits per heavy atom. The Hall–Kier alpha value is -4.00. The first-order valence-electron chi connectivity index (χ1n) is 10.4. The molecule has 1 aliphatic rings. The summed E-state index contributed by atoms with van der Waals surface area (Å²) < 4.78 is 1.71. The Kier molecular flexibility index (Phi) is 5.14. The molecule has 0 atom stereocenters. The fourth-order valence-corrected chi connectivity index (χ4v) is 3.76. The fraction of sp³-hybridized carbons (Fsp3) is 0.167. The number of pyridine rings is 2. The summed E-state index contributed by atoms with van der Waals surface area (Å²) in [5.74, 6) is 0.709. The predicted octanol–water partition coefficient (Wildman–Crippen LogP) is 4.18. The van der Waals surface area contributed by atoms with E-state index in [4.69, 9.17) is 0 Å². The molecule has 31 heavy (non-hydrogen) atoms. The van der Waals surface area contributed by atoms with Crippen molar-refractivity contribution in [3.63, 3.8) is 0 Å². The van der Waals surface area contributed by atoms with Crippen LogP contribution in [-0.2, 0) is 0 Å². The summed E-state index contributed by atoms with van der Waals surface area (Å²) >= 11 is 0. The van der Waals surface area contributed by atoms with Gasteiger partial charge in [-0.3, -0.25) is 9.78 Å². The second kappa shape index (κ2) is 8.39. The first-order chi connectivity index (χ1) is 15.3. The van der Waals surface area contributed by atoms with Gasteiger partial charge in [-0.15, -0.1) is 0 Å². The molecule has 3 aromatic heterocycles. The standard InChI is InChI=1S/C24H22N6O/c31-24(27-19-10-11-22(26-16-19)29-13-4-5-14-29)21-17-30(20-8-2-1-3-9-20)28-23(21)18-7-6-12-25-15-18/h1-3,6-12,15-17H,4-5,13-14H2,(H,27,31). The van der Waals surface area contributed by atoms with Gasteiger partial charge in [0.1, 0.15) is 11.5 Å². The minimum atomic E-state index is -0.239. The molecule has 4 heterocycles. The average Bonchev–Trinajstić information content (AvgIpc) is 3.52. The lowest BCUT2D eigenvalue weighted by atomic mass is 10.1. The van der Waals surface area contributed by atoms with Crippen molar-refractivity contribution in [1.29, 1.82) is 0 Å². The van der Waals surface area contributed by atoms with Crippen molar-refractivity contribution in [3.05, 3.63) is 84.9 Å². The molecule has 0 spiro atoms. The summed E-state index contributed by atoms with van der Waals surface area (Å²) in [7, 11) is 0. The molecule has 0 bridgehead atoms. The van der Waals surface area contributed by atoms with E-state index in [1.54, 1.807) is 29.5 Å². The Labute approximate surface area is 180 Å². The van der Waals surface area contributed by atoms with E-state index in [-0.39, 0.29) is 5.91 Å². The van der Waals surface area contributed by atoms with Gasteiger partial charge in [-0.05, 0) is 49.2 Å². The number of amides is 1. The minimum absolute atomic E-state index is 0.239. The van der Waals surface area contributed by atoms with Gasteiger partial charge in [-0.25, -0.2) is 9.67 Å². The van der Waals surface area contributed by atoms with Gasteiger partial charge in [0, 0.05) is 37.2 Å². The SMILES string of the molecule is O=C(Nc1ccc(N2CCCC2)nc1)c1cn(-c2ccccc2)nc1-c1cccnc1. The number of aromatic nitrogens is 4. The molecule has 1 aliphatic heterocycles. The van der Waals surface area contributed by atoms with E-state index in [9.17, 15) is 4.79 Å². The Morgan fingerprint density at radius 2 is 1.77 bits per heavy atom. The number of anilines is 2. The van der Waals surface area contributed by atoms with Gasteiger partial charge in [-0.1, -0.05) is 18.2 Å². The molecular weight excluding hydrogens is 388 g/mol. The normalized spacial score (nSPS) is 13.4. The van der Waals surface area contributed by atoms with Gasteiger partial charge in [0.05, 0.1) is 23.1 Å². The number of nitrogens with one attached hydrogen (secondary N) is 1. The molecule has 0 radical (unpaired) electrons. The van der Waals surface area contributed by atoms with E-state index >= 15 is 0 Å². The third-order valence-corrected chi connectivity index (χ3v) is 5.35. The lowest BCUT2D eigenvalue weighted by Gasteiger charge is -2.16. The summed E-state index contributed by atoms with van der Waals surface area (Å²) in [6.45, 7) is 2.07. The van der Waals surface area contributed by atoms with E-state index in [0.717, 1.165) is 30.2 Å². The summed E-state index contributed by atoms with van der Waals surface area (Å²) in [5.41, 5.74) is 3.36. The Balaban J connectivity index is 1.44. The molecule has 1 fully saturated rings. The van der Waals surface area contributed by atoms with Crippen LogP contribution >= 0.6 is 0 Å². The lowest BCUT2D eigenvalue weighted by Crippen LogP contribution is -2.19. The van der Waals surface area contributed by atoms with Crippen molar-refractivity contribution in [2.24, 2.45) is 0 Å². The largest absolute Gasteiger partial charge is 0.357 e. The molecule has 0 aliphatic carbocycles. The van der Waals surface area contributed by atoms with E-state index in [1.807, 2.05) is 54.6 Å². The van der Waals surface area contributed by atoms with E-state index in [0.29, 0.717) is 16.9 Å². The number of rotatable bonds is 5. The van der Waals surface area contributed by atoms with Crippen molar-refractivity contribution in [2.75, 3.05) is 23.3 Å². The van der Waals surface area contributed by atoms with Crippen molar-refractivity contribution in [2.45, 2.75) is 12.8 Å². The zero-order valence-electron chi connectivity index (χ0n) is 17.0. The highest BCUT2D eigenvalue weighted by Crippen LogP contribution is 2.25. The Bertz CT molecular complexity index is 1170. The zero-order valence-corrected chi connectivity index (χ0v) is 17.0. The molecule has 1 saturated heterocycles. The molecule has 0 saturated carbocycles. The van der Waals surface area contributed by atoms with Crippen LogP contribution in [0.5, 0.6) is 0 Å². The zero-order chi connectivity index (χ0) is 21.0. The number of benzene rings is 1. The monoisotopic (exact) mass is 410 g/mol. The molecule has 0 unspecified atom stereocenters. The van der Waals surface area contributed by atoms with E-state index in [1.165, 1.54) is 12.8 Å². The van der Waals surface area contributed by atoms with E-state index in [2.05, 4.69) is 25.3 Å². The molecule has 7 nitrogen and oxygen atoms in total. The molecular formula is C24H22N6O. The topological polar surface area (TPSA) is 75.9 Å². The van der Waals surface area contributed by atoms with Gasteiger partial charge in [0.2, 0.25) is 0 Å². The second-order valence-electron chi connectivity index (χ2n) is 7.47. The van der Waals surface area contributed by atoms with Gasteiger partial charge >= 0.3 is 0 Å². The van der Waals surface area contributed by atoms with Crippen molar-refractivity contribution >= 4 is 17.4 Å². The third-order valence-electron chi connectivity index (χ3n) is 5.35. The minimum Gasteiger partial charge on any atom is -0.357 e. The van der Waals surface area contributed by atoms with Crippen LogP contribution in [0, 0.1) is 0 Å². The van der Waals surface area contributed by atoms with Crippen LogP contribution < -0.4 is 10.2 Å². The molecule has 1 aromatic carbocycles. The molecule has 154 valence electrons. The van der Waals surface area contributed by atoms with Crippen molar-refractivity contribution in [1.82, 2.24) is 19.7 Å². The Morgan fingerprint density at radius 3 is 2.48 bits per heavy atom. The number of nitrogens with zero attached hydrogens (tertiary/aromatic N) is 5. The number of carbonyl (C=O) groups is 1. The quantitative estimate of drug-likeness (QED) is 0.534.